The van der Waals surface area contributed by atoms with Crippen LogP contribution in [0.15, 0.2) is 42.5 Å². The van der Waals surface area contributed by atoms with Crippen molar-refractivity contribution >= 4 is 11.8 Å². The van der Waals surface area contributed by atoms with Crippen molar-refractivity contribution in [3.8, 4) is 0 Å². The normalized spacial score (nSPS) is 26.1. The molecule has 4 aliphatic rings. The second-order valence-corrected chi connectivity index (χ2v) is 9.88. The first-order valence-corrected chi connectivity index (χ1v) is 12.1. The van der Waals surface area contributed by atoms with E-state index in [9.17, 15) is 14.0 Å². The second kappa shape index (κ2) is 8.90. The number of piperidine rings is 3. The summed E-state index contributed by atoms with van der Waals surface area (Å²) in [6.07, 6.45) is 5.83. The van der Waals surface area contributed by atoms with Crippen LogP contribution in [0, 0.1) is 11.2 Å². The molecule has 1 atom stereocenters. The average Bonchev–Trinajstić information content (AvgIpc) is 2.87. The lowest BCUT2D eigenvalue weighted by Gasteiger charge is -2.49. The van der Waals surface area contributed by atoms with Gasteiger partial charge in [-0.15, -0.1) is 0 Å². The van der Waals surface area contributed by atoms with Crippen LogP contribution >= 0.6 is 0 Å². The standard InChI is InChI=1S/C27H32FN3O2/c1-29-26(33)21-4-7-23-20(18-21)9-14-31(25(23)19-2-5-22(28)6-3-19)24(32)8-10-27-11-15-30(16-12-27)17-13-27/h2-7,18,25H,8-17H2,1H3,(H,29,33)/t25-/m1/s1. The van der Waals surface area contributed by atoms with Gasteiger partial charge in [0.1, 0.15) is 5.82 Å². The Kier molecular flexibility index (Phi) is 5.95. The number of benzene rings is 2. The van der Waals surface area contributed by atoms with Crippen LogP contribution in [0.2, 0.25) is 0 Å². The lowest BCUT2D eigenvalue weighted by molar-refractivity contribution is -0.134. The second-order valence-electron chi connectivity index (χ2n) is 9.88. The highest BCUT2D eigenvalue weighted by molar-refractivity contribution is 5.94. The van der Waals surface area contributed by atoms with E-state index in [4.69, 9.17) is 0 Å². The summed E-state index contributed by atoms with van der Waals surface area (Å²) in [7, 11) is 1.62. The van der Waals surface area contributed by atoms with Gasteiger partial charge >= 0.3 is 0 Å². The van der Waals surface area contributed by atoms with Crippen molar-refractivity contribution in [1.82, 2.24) is 15.1 Å². The quantitative estimate of drug-likeness (QED) is 0.753. The highest BCUT2D eigenvalue weighted by Gasteiger charge is 2.40. The Morgan fingerprint density at radius 3 is 2.39 bits per heavy atom. The van der Waals surface area contributed by atoms with E-state index >= 15 is 0 Å². The Hall–Kier alpha value is -2.73. The molecule has 0 aromatic heterocycles. The minimum absolute atomic E-state index is 0.118. The van der Waals surface area contributed by atoms with Crippen LogP contribution in [0.5, 0.6) is 0 Å². The van der Waals surface area contributed by atoms with Crippen LogP contribution in [0.4, 0.5) is 4.39 Å². The number of nitrogens with one attached hydrogen (secondary N) is 1. The molecule has 33 heavy (non-hydrogen) atoms. The molecule has 6 heteroatoms. The van der Waals surface area contributed by atoms with Gasteiger partial charge in [-0.05, 0) is 98.1 Å². The number of hydrogen-bond acceptors (Lipinski definition) is 3. The molecular weight excluding hydrogens is 417 g/mol. The molecule has 174 valence electrons. The summed E-state index contributed by atoms with van der Waals surface area (Å²) in [6.45, 7) is 4.09. The van der Waals surface area contributed by atoms with Gasteiger partial charge in [0.15, 0.2) is 0 Å². The highest BCUT2D eigenvalue weighted by Crippen LogP contribution is 2.44. The third-order valence-electron chi connectivity index (χ3n) is 8.11. The molecule has 2 aromatic carbocycles. The molecule has 1 N–H and O–H groups in total. The molecule has 3 fully saturated rings. The maximum Gasteiger partial charge on any atom is 0.251 e. The van der Waals surface area contributed by atoms with Crippen LogP contribution in [0.1, 0.15) is 65.2 Å². The maximum absolute atomic E-state index is 13.7. The van der Waals surface area contributed by atoms with E-state index in [0.29, 0.717) is 30.4 Å². The lowest BCUT2D eigenvalue weighted by Crippen LogP contribution is -2.48. The monoisotopic (exact) mass is 449 g/mol. The Bertz CT molecular complexity index is 1030. The predicted molar refractivity (Wildman–Crippen MR) is 125 cm³/mol. The molecule has 0 saturated carbocycles. The number of rotatable bonds is 5. The summed E-state index contributed by atoms with van der Waals surface area (Å²) in [5.74, 6) is -0.231. The Morgan fingerprint density at radius 1 is 1.03 bits per heavy atom. The lowest BCUT2D eigenvalue weighted by atomic mass is 9.69. The molecule has 4 heterocycles. The fourth-order valence-corrected chi connectivity index (χ4v) is 5.97. The largest absolute Gasteiger partial charge is 0.355 e. The maximum atomic E-state index is 13.7. The molecule has 0 aliphatic carbocycles. The predicted octanol–water partition coefficient (Wildman–Crippen LogP) is 3.93. The number of halogens is 1. The summed E-state index contributed by atoms with van der Waals surface area (Å²) in [4.78, 5) is 30.2. The summed E-state index contributed by atoms with van der Waals surface area (Å²) < 4.78 is 13.7. The van der Waals surface area contributed by atoms with Crippen LogP contribution in [0.25, 0.3) is 0 Å². The third-order valence-corrected chi connectivity index (χ3v) is 8.11. The van der Waals surface area contributed by atoms with Gasteiger partial charge in [0.25, 0.3) is 5.91 Å². The van der Waals surface area contributed by atoms with Crippen LogP contribution in [-0.4, -0.2) is 54.8 Å². The Labute approximate surface area is 195 Å². The first-order chi connectivity index (χ1) is 16.0. The molecule has 2 aromatic rings. The molecule has 0 spiro atoms. The fraction of sp³-hybridized carbons (Fsp3) is 0.481. The van der Waals surface area contributed by atoms with Gasteiger partial charge in [-0.25, -0.2) is 4.39 Å². The third kappa shape index (κ3) is 4.29. The van der Waals surface area contributed by atoms with Crippen molar-refractivity contribution in [3.63, 3.8) is 0 Å². The van der Waals surface area contributed by atoms with Gasteiger partial charge in [0.2, 0.25) is 5.91 Å². The minimum Gasteiger partial charge on any atom is -0.355 e. The highest BCUT2D eigenvalue weighted by atomic mass is 19.1. The summed E-state index contributed by atoms with van der Waals surface area (Å²) in [5.41, 5.74) is 3.95. The molecule has 5 nitrogen and oxygen atoms in total. The zero-order valence-electron chi connectivity index (χ0n) is 19.3. The first kappa shape index (κ1) is 22.1. The zero-order chi connectivity index (χ0) is 23.0. The SMILES string of the molecule is CNC(=O)c1ccc2c(c1)CCN(C(=O)CCC13CCN(CC1)CC3)[C@@H]2c1ccc(F)cc1. The van der Waals surface area contributed by atoms with Crippen LogP contribution < -0.4 is 5.32 Å². The van der Waals surface area contributed by atoms with E-state index in [-0.39, 0.29) is 23.7 Å². The number of nitrogens with zero attached hydrogens (tertiary/aromatic N) is 2. The summed E-state index contributed by atoms with van der Waals surface area (Å²) in [5, 5.41) is 2.68. The number of amides is 2. The van der Waals surface area contributed by atoms with E-state index in [2.05, 4.69) is 10.2 Å². The van der Waals surface area contributed by atoms with Crippen molar-refractivity contribution in [1.29, 1.82) is 0 Å². The first-order valence-electron chi connectivity index (χ1n) is 12.1. The van der Waals surface area contributed by atoms with E-state index < -0.39 is 0 Å². The molecule has 2 amide bonds. The van der Waals surface area contributed by atoms with Gasteiger partial charge in [-0.1, -0.05) is 18.2 Å². The van der Waals surface area contributed by atoms with Crippen LogP contribution in [0.3, 0.4) is 0 Å². The van der Waals surface area contributed by atoms with Crippen molar-refractivity contribution in [2.75, 3.05) is 33.2 Å². The van der Waals surface area contributed by atoms with Crippen molar-refractivity contribution in [2.24, 2.45) is 5.41 Å². The minimum atomic E-state index is -0.287. The topological polar surface area (TPSA) is 52.7 Å². The number of carbonyl (C=O) groups excluding carboxylic acids is 2. The molecule has 3 saturated heterocycles. The van der Waals surface area contributed by atoms with Crippen LogP contribution in [-0.2, 0) is 11.2 Å². The van der Waals surface area contributed by atoms with Gasteiger partial charge in [0.05, 0.1) is 6.04 Å². The van der Waals surface area contributed by atoms with Crippen molar-refractivity contribution < 1.29 is 14.0 Å². The fourth-order valence-electron chi connectivity index (χ4n) is 5.97. The van der Waals surface area contributed by atoms with Gasteiger partial charge in [0, 0.05) is 25.6 Å². The van der Waals surface area contributed by atoms with E-state index in [1.165, 1.54) is 31.4 Å². The van der Waals surface area contributed by atoms with E-state index in [1.54, 1.807) is 19.2 Å². The van der Waals surface area contributed by atoms with Gasteiger partial charge in [-0.2, -0.15) is 0 Å². The Balaban J connectivity index is 1.41. The van der Waals surface area contributed by atoms with E-state index in [0.717, 1.165) is 42.7 Å². The molecule has 0 radical (unpaired) electrons. The van der Waals surface area contributed by atoms with Gasteiger partial charge in [-0.3, -0.25) is 9.59 Å². The number of hydrogen-bond donors (Lipinski definition) is 1. The van der Waals surface area contributed by atoms with E-state index in [1.807, 2.05) is 23.1 Å². The van der Waals surface area contributed by atoms with Crippen molar-refractivity contribution in [2.45, 2.75) is 44.6 Å². The molecular formula is C27H32FN3O2. The zero-order valence-corrected chi connectivity index (χ0v) is 19.3. The molecule has 2 bridgehead atoms. The number of fused-ring (bicyclic) bond motifs is 4. The molecule has 6 rings (SSSR count). The van der Waals surface area contributed by atoms with Crippen molar-refractivity contribution in [3.05, 3.63) is 70.5 Å². The molecule has 4 aliphatic heterocycles. The van der Waals surface area contributed by atoms with Gasteiger partial charge < -0.3 is 15.1 Å². The number of carbonyl (C=O) groups is 2. The Morgan fingerprint density at radius 2 is 1.73 bits per heavy atom. The average molecular weight is 450 g/mol. The molecule has 0 unspecified atom stereocenters. The smallest absolute Gasteiger partial charge is 0.251 e. The summed E-state index contributed by atoms with van der Waals surface area (Å²) in [6, 6.07) is 11.9. The summed E-state index contributed by atoms with van der Waals surface area (Å²) >= 11 is 0.